The van der Waals surface area contributed by atoms with Crippen LogP contribution in [0.4, 0.5) is 0 Å². The summed E-state index contributed by atoms with van der Waals surface area (Å²) >= 11 is 0. The van der Waals surface area contributed by atoms with Crippen molar-refractivity contribution < 1.29 is 5.11 Å². The Labute approximate surface area is 108 Å². The van der Waals surface area contributed by atoms with Crippen molar-refractivity contribution in [2.75, 3.05) is 6.61 Å². The van der Waals surface area contributed by atoms with Crippen molar-refractivity contribution >= 4 is 0 Å². The van der Waals surface area contributed by atoms with E-state index in [-0.39, 0.29) is 6.61 Å². The van der Waals surface area contributed by atoms with Gasteiger partial charge in [0.2, 0.25) is 0 Å². The summed E-state index contributed by atoms with van der Waals surface area (Å²) in [5.74, 6) is 6.29. The summed E-state index contributed by atoms with van der Waals surface area (Å²) in [4.78, 5) is 0. The minimum Gasteiger partial charge on any atom is -0.396 e. The van der Waals surface area contributed by atoms with E-state index in [1.165, 1.54) is 5.56 Å². The maximum Gasteiger partial charge on any atom is 0.0440 e. The Hall–Kier alpha value is -2.04. The van der Waals surface area contributed by atoms with Crippen molar-refractivity contribution in [1.82, 2.24) is 0 Å². The van der Waals surface area contributed by atoms with Crippen LogP contribution >= 0.6 is 0 Å². The van der Waals surface area contributed by atoms with Crippen LogP contribution in [-0.2, 0) is 0 Å². The summed E-state index contributed by atoms with van der Waals surface area (Å²) in [5.41, 5.74) is 3.39. The molecule has 2 rings (SSSR count). The smallest absolute Gasteiger partial charge is 0.0440 e. The number of benzene rings is 2. The molecular formula is C17H16O. The lowest BCUT2D eigenvalue weighted by Gasteiger charge is -2.04. The van der Waals surface area contributed by atoms with Crippen molar-refractivity contribution in [2.45, 2.75) is 12.8 Å². The van der Waals surface area contributed by atoms with Crippen LogP contribution in [0.1, 0.15) is 18.4 Å². The lowest BCUT2D eigenvalue weighted by Crippen LogP contribution is -1.84. The zero-order chi connectivity index (χ0) is 12.6. The van der Waals surface area contributed by atoms with E-state index in [0.29, 0.717) is 0 Å². The van der Waals surface area contributed by atoms with Crippen molar-refractivity contribution in [3.05, 3.63) is 60.2 Å². The summed E-state index contributed by atoms with van der Waals surface area (Å²) in [6.45, 7) is 0.203. The maximum atomic E-state index is 8.73. The Morgan fingerprint density at radius 3 is 2.39 bits per heavy atom. The van der Waals surface area contributed by atoms with Gasteiger partial charge in [0.1, 0.15) is 0 Å². The molecule has 0 saturated heterocycles. The number of unbranched alkanes of at least 4 members (excludes halogenated alkanes) is 1. The molecule has 0 bridgehead atoms. The van der Waals surface area contributed by atoms with Crippen LogP contribution in [0.15, 0.2) is 54.6 Å². The van der Waals surface area contributed by atoms with Crippen LogP contribution in [0.5, 0.6) is 0 Å². The molecule has 0 spiro atoms. The lowest BCUT2D eigenvalue weighted by atomic mass is 10.00. The lowest BCUT2D eigenvalue weighted by molar-refractivity contribution is 0.290. The normalized spacial score (nSPS) is 9.61. The summed E-state index contributed by atoms with van der Waals surface area (Å²) in [5, 5.41) is 8.73. The van der Waals surface area contributed by atoms with Gasteiger partial charge in [-0.15, -0.1) is 0 Å². The van der Waals surface area contributed by atoms with Gasteiger partial charge in [-0.2, -0.15) is 0 Å². The quantitative estimate of drug-likeness (QED) is 0.639. The molecule has 0 unspecified atom stereocenters. The SMILES string of the molecule is OCCCC#Cc1ccccc1-c1ccccc1. The Bertz CT molecular complexity index is 547. The number of aliphatic hydroxyl groups is 1. The van der Waals surface area contributed by atoms with E-state index < -0.39 is 0 Å². The Morgan fingerprint density at radius 2 is 1.61 bits per heavy atom. The van der Waals surface area contributed by atoms with E-state index in [2.05, 4.69) is 30.0 Å². The summed E-state index contributed by atoms with van der Waals surface area (Å²) in [6.07, 6.45) is 1.47. The Balaban J connectivity index is 2.28. The molecule has 0 radical (unpaired) electrons. The first-order valence-corrected chi connectivity index (χ1v) is 6.16. The topological polar surface area (TPSA) is 20.2 Å². The fourth-order valence-corrected chi connectivity index (χ4v) is 1.79. The number of rotatable bonds is 3. The molecule has 0 fully saturated rings. The molecule has 0 heterocycles. The molecule has 0 saturated carbocycles. The molecule has 0 aliphatic carbocycles. The highest BCUT2D eigenvalue weighted by Crippen LogP contribution is 2.22. The van der Waals surface area contributed by atoms with Crippen molar-refractivity contribution in [2.24, 2.45) is 0 Å². The molecule has 2 aromatic carbocycles. The van der Waals surface area contributed by atoms with Gasteiger partial charge < -0.3 is 5.11 Å². The van der Waals surface area contributed by atoms with Gasteiger partial charge in [-0.3, -0.25) is 0 Å². The Morgan fingerprint density at radius 1 is 0.889 bits per heavy atom. The van der Waals surface area contributed by atoms with Gasteiger partial charge in [-0.25, -0.2) is 0 Å². The van der Waals surface area contributed by atoms with Crippen LogP contribution in [0.25, 0.3) is 11.1 Å². The zero-order valence-electron chi connectivity index (χ0n) is 10.3. The minimum atomic E-state index is 0.203. The highest BCUT2D eigenvalue weighted by atomic mass is 16.2. The van der Waals surface area contributed by atoms with E-state index in [9.17, 15) is 0 Å². The average molecular weight is 236 g/mol. The third-order valence-electron chi connectivity index (χ3n) is 2.69. The number of hydrogen-bond acceptors (Lipinski definition) is 1. The maximum absolute atomic E-state index is 8.73. The van der Waals surface area contributed by atoms with Crippen LogP contribution in [0.2, 0.25) is 0 Å². The zero-order valence-corrected chi connectivity index (χ0v) is 10.3. The molecule has 2 aromatic rings. The van der Waals surface area contributed by atoms with E-state index >= 15 is 0 Å². The average Bonchev–Trinajstić information content (AvgIpc) is 2.45. The number of hydrogen-bond donors (Lipinski definition) is 1. The van der Waals surface area contributed by atoms with Gasteiger partial charge in [0.25, 0.3) is 0 Å². The number of aliphatic hydroxyl groups excluding tert-OH is 1. The summed E-state index contributed by atoms with van der Waals surface area (Å²) in [6, 6.07) is 18.4. The Kier molecular flexibility index (Phi) is 4.58. The first-order chi connectivity index (χ1) is 8.92. The third-order valence-corrected chi connectivity index (χ3v) is 2.69. The largest absolute Gasteiger partial charge is 0.396 e. The van der Waals surface area contributed by atoms with Crippen LogP contribution in [0, 0.1) is 11.8 Å². The van der Waals surface area contributed by atoms with Gasteiger partial charge in [0.15, 0.2) is 0 Å². The molecule has 0 atom stereocenters. The van der Waals surface area contributed by atoms with E-state index in [1.54, 1.807) is 0 Å². The van der Waals surface area contributed by atoms with Crippen LogP contribution in [0.3, 0.4) is 0 Å². The van der Waals surface area contributed by atoms with Crippen LogP contribution in [-0.4, -0.2) is 11.7 Å². The van der Waals surface area contributed by atoms with Gasteiger partial charge in [-0.05, 0) is 23.6 Å². The van der Waals surface area contributed by atoms with Gasteiger partial charge in [-0.1, -0.05) is 60.4 Å². The molecule has 18 heavy (non-hydrogen) atoms. The van der Waals surface area contributed by atoms with E-state index in [1.807, 2.05) is 36.4 Å². The molecule has 1 N–H and O–H groups in total. The summed E-state index contributed by atoms with van der Waals surface area (Å²) in [7, 11) is 0. The molecule has 1 nitrogen and oxygen atoms in total. The second-order valence-electron chi connectivity index (χ2n) is 4.04. The highest BCUT2D eigenvalue weighted by molar-refractivity contribution is 5.70. The monoisotopic (exact) mass is 236 g/mol. The minimum absolute atomic E-state index is 0.203. The molecule has 0 aliphatic heterocycles. The predicted molar refractivity (Wildman–Crippen MR) is 75.1 cm³/mol. The molecular weight excluding hydrogens is 220 g/mol. The van der Waals surface area contributed by atoms with E-state index in [0.717, 1.165) is 24.0 Å². The molecule has 0 aliphatic rings. The molecule has 90 valence electrons. The molecule has 0 amide bonds. The second kappa shape index (κ2) is 6.64. The standard InChI is InChI=1S/C17H16O/c18-14-8-2-5-11-16-12-6-7-13-17(16)15-9-3-1-4-10-15/h1,3-4,6-7,9-10,12-13,18H,2,8,14H2. The van der Waals surface area contributed by atoms with Gasteiger partial charge >= 0.3 is 0 Å². The highest BCUT2D eigenvalue weighted by Gasteiger charge is 2.00. The summed E-state index contributed by atoms with van der Waals surface area (Å²) < 4.78 is 0. The fraction of sp³-hybridized carbons (Fsp3) is 0.176. The second-order valence-corrected chi connectivity index (χ2v) is 4.04. The van der Waals surface area contributed by atoms with Crippen LogP contribution < -0.4 is 0 Å². The van der Waals surface area contributed by atoms with Gasteiger partial charge in [0, 0.05) is 18.6 Å². The molecule has 1 heteroatoms. The van der Waals surface area contributed by atoms with Gasteiger partial charge in [0.05, 0.1) is 0 Å². The van der Waals surface area contributed by atoms with Crippen molar-refractivity contribution in [1.29, 1.82) is 0 Å². The van der Waals surface area contributed by atoms with Crippen molar-refractivity contribution in [3.8, 4) is 23.0 Å². The van der Waals surface area contributed by atoms with E-state index in [4.69, 9.17) is 5.11 Å². The van der Waals surface area contributed by atoms with Crippen molar-refractivity contribution in [3.63, 3.8) is 0 Å². The predicted octanol–water partition coefficient (Wildman–Crippen LogP) is 3.48. The fourth-order valence-electron chi connectivity index (χ4n) is 1.79. The first kappa shape index (κ1) is 12.4. The third kappa shape index (κ3) is 3.23. The first-order valence-electron chi connectivity index (χ1n) is 6.16. The molecule has 0 aromatic heterocycles.